The molecular formula is C23H24BrNO6. The van der Waals surface area contributed by atoms with Crippen LogP contribution in [0.5, 0.6) is 11.5 Å². The molecule has 31 heavy (non-hydrogen) atoms. The molecule has 5 rings (SSSR count). The monoisotopic (exact) mass is 489 g/mol. The van der Waals surface area contributed by atoms with Gasteiger partial charge in [-0.2, -0.15) is 0 Å². The average molecular weight is 490 g/mol. The Labute approximate surface area is 188 Å². The summed E-state index contributed by atoms with van der Waals surface area (Å²) in [6.07, 6.45) is 3.81. The third-order valence-electron chi connectivity index (χ3n) is 6.38. The molecule has 3 atom stereocenters. The highest BCUT2D eigenvalue weighted by Crippen LogP contribution is 2.48. The molecule has 0 spiro atoms. The van der Waals surface area contributed by atoms with E-state index in [2.05, 4.69) is 20.9 Å². The number of fused-ring (bicyclic) bond motifs is 2. The lowest BCUT2D eigenvalue weighted by Gasteiger charge is -2.36. The third-order valence-corrected chi connectivity index (χ3v) is 7.07. The number of hydrogen-bond donors (Lipinski definition) is 0. The van der Waals surface area contributed by atoms with Crippen molar-refractivity contribution in [2.24, 2.45) is 10.9 Å². The first kappa shape index (κ1) is 20.7. The van der Waals surface area contributed by atoms with Gasteiger partial charge in [0.2, 0.25) is 6.79 Å². The van der Waals surface area contributed by atoms with Crippen molar-refractivity contribution in [3.05, 3.63) is 33.4 Å². The summed E-state index contributed by atoms with van der Waals surface area (Å²) >= 11 is 3.63. The number of benzene rings is 1. The average Bonchev–Trinajstić information content (AvgIpc) is 3.42. The highest BCUT2D eigenvalue weighted by molar-refractivity contribution is 9.10. The second-order valence-corrected chi connectivity index (χ2v) is 9.19. The highest BCUT2D eigenvalue weighted by atomic mass is 79.9. The fraction of sp³-hybridized carbons (Fsp3) is 0.522. The molecule has 0 unspecified atom stereocenters. The van der Waals surface area contributed by atoms with Crippen LogP contribution in [-0.4, -0.2) is 43.6 Å². The maximum Gasteiger partial charge on any atom is 0.336 e. The predicted octanol–water partition coefficient (Wildman–Crippen LogP) is 4.08. The molecule has 4 aliphatic rings. The lowest BCUT2D eigenvalue weighted by atomic mass is 9.69. The molecule has 0 amide bonds. The Morgan fingerprint density at radius 2 is 2.00 bits per heavy atom. The Morgan fingerprint density at radius 3 is 2.77 bits per heavy atom. The Hall–Kier alpha value is -2.19. The molecule has 3 heterocycles. The number of esters is 1. The van der Waals surface area contributed by atoms with Crippen LogP contribution in [0.25, 0.3) is 0 Å². The van der Waals surface area contributed by atoms with E-state index in [1.165, 1.54) is 0 Å². The molecule has 3 aliphatic heterocycles. The lowest BCUT2D eigenvalue weighted by molar-refractivity contribution is -0.142. The smallest absolute Gasteiger partial charge is 0.336 e. The molecular weight excluding hydrogens is 466 g/mol. The van der Waals surface area contributed by atoms with Crippen molar-refractivity contribution in [1.82, 2.24) is 0 Å². The third kappa shape index (κ3) is 3.80. The normalized spacial score (nSPS) is 27.2. The van der Waals surface area contributed by atoms with E-state index >= 15 is 0 Å². The van der Waals surface area contributed by atoms with Crippen LogP contribution >= 0.6 is 15.9 Å². The van der Waals surface area contributed by atoms with E-state index in [1.54, 1.807) is 0 Å². The van der Waals surface area contributed by atoms with Crippen molar-refractivity contribution in [3.63, 3.8) is 0 Å². The number of rotatable bonds is 4. The molecule has 0 radical (unpaired) electrons. The van der Waals surface area contributed by atoms with E-state index in [9.17, 15) is 9.59 Å². The minimum atomic E-state index is -0.485. The summed E-state index contributed by atoms with van der Waals surface area (Å²) in [5, 5.41) is 0. The summed E-state index contributed by atoms with van der Waals surface area (Å²) in [6.45, 7) is 2.87. The number of Topliss-reactive ketones (excluding diaryl/α,β-unsaturated/α-hetero) is 1. The van der Waals surface area contributed by atoms with Gasteiger partial charge in [0.05, 0.1) is 17.6 Å². The lowest BCUT2D eigenvalue weighted by Crippen LogP contribution is -2.39. The summed E-state index contributed by atoms with van der Waals surface area (Å²) in [6, 6.07) is 3.70. The molecule has 1 aliphatic carbocycles. The Morgan fingerprint density at radius 1 is 1.19 bits per heavy atom. The molecule has 1 aromatic rings. The van der Waals surface area contributed by atoms with E-state index in [-0.39, 0.29) is 25.3 Å². The quantitative estimate of drug-likeness (QED) is 0.592. The van der Waals surface area contributed by atoms with Crippen LogP contribution in [-0.2, 0) is 19.1 Å². The van der Waals surface area contributed by atoms with Crippen LogP contribution in [0.1, 0.15) is 50.5 Å². The van der Waals surface area contributed by atoms with Gasteiger partial charge in [-0.25, -0.2) is 4.79 Å². The number of nitrogens with zero attached hydrogens (tertiary/aromatic N) is 1. The van der Waals surface area contributed by atoms with Gasteiger partial charge in [0.15, 0.2) is 11.5 Å². The molecule has 164 valence electrons. The molecule has 0 bridgehead atoms. The second kappa shape index (κ2) is 8.39. The number of hydrogen-bond acceptors (Lipinski definition) is 7. The van der Waals surface area contributed by atoms with Crippen molar-refractivity contribution in [3.8, 4) is 11.5 Å². The van der Waals surface area contributed by atoms with Crippen LogP contribution in [0.2, 0.25) is 0 Å². The van der Waals surface area contributed by atoms with Crippen molar-refractivity contribution < 1.29 is 28.5 Å². The van der Waals surface area contributed by atoms with Gasteiger partial charge >= 0.3 is 5.97 Å². The number of ketones is 1. The topological polar surface area (TPSA) is 83.4 Å². The van der Waals surface area contributed by atoms with Gasteiger partial charge < -0.3 is 18.9 Å². The van der Waals surface area contributed by atoms with Gasteiger partial charge in [0.1, 0.15) is 12.4 Å². The first-order valence-electron chi connectivity index (χ1n) is 10.7. The Balaban J connectivity index is 1.55. The first-order valence-corrected chi connectivity index (χ1v) is 11.5. The first-order chi connectivity index (χ1) is 15.0. The SMILES string of the molecule is CC1=C(C(=O)OC[C@@H]2CCCO2)[C@@H](c2cc3c(cc2Br)OCO3)[C@@H]2C(=O)CCCC2=N1. The van der Waals surface area contributed by atoms with Gasteiger partial charge in [-0.05, 0) is 50.3 Å². The zero-order valence-electron chi connectivity index (χ0n) is 17.3. The van der Waals surface area contributed by atoms with E-state index < -0.39 is 17.8 Å². The Bertz CT molecular complexity index is 994. The van der Waals surface area contributed by atoms with Crippen molar-refractivity contribution in [2.75, 3.05) is 20.0 Å². The zero-order chi connectivity index (χ0) is 21.5. The Kier molecular flexibility index (Phi) is 5.60. The molecule has 1 aromatic carbocycles. The van der Waals surface area contributed by atoms with Gasteiger partial charge in [-0.1, -0.05) is 15.9 Å². The van der Waals surface area contributed by atoms with Crippen LogP contribution in [0.4, 0.5) is 0 Å². The number of halogens is 1. The number of ether oxygens (including phenoxy) is 4. The van der Waals surface area contributed by atoms with E-state index in [1.807, 2.05) is 19.1 Å². The van der Waals surface area contributed by atoms with Gasteiger partial charge in [0.25, 0.3) is 0 Å². The number of carbonyl (C=O) groups excluding carboxylic acids is 2. The summed E-state index contributed by atoms with van der Waals surface area (Å²) in [5.74, 6) is -0.0467. The fourth-order valence-electron chi connectivity index (χ4n) is 4.91. The second-order valence-electron chi connectivity index (χ2n) is 8.34. The molecule has 1 saturated heterocycles. The number of allylic oxidation sites excluding steroid dienone is 1. The van der Waals surface area contributed by atoms with E-state index in [0.717, 1.165) is 41.4 Å². The number of carbonyl (C=O) groups is 2. The maximum atomic E-state index is 13.3. The van der Waals surface area contributed by atoms with E-state index in [4.69, 9.17) is 18.9 Å². The van der Waals surface area contributed by atoms with Crippen LogP contribution in [0, 0.1) is 5.92 Å². The van der Waals surface area contributed by atoms with E-state index in [0.29, 0.717) is 35.8 Å². The summed E-state index contributed by atoms with van der Waals surface area (Å²) in [4.78, 5) is 31.0. The minimum absolute atomic E-state index is 0.0699. The van der Waals surface area contributed by atoms with Gasteiger partial charge in [0, 0.05) is 34.8 Å². The van der Waals surface area contributed by atoms with Crippen LogP contribution < -0.4 is 9.47 Å². The minimum Gasteiger partial charge on any atom is -0.460 e. The molecule has 0 N–H and O–H groups in total. The van der Waals surface area contributed by atoms with Gasteiger partial charge in [-0.3, -0.25) is 9.79 Å². The summed E-state index contributed by atoms with van der Waals surface area (Å²) < 4.78 is 23.1. The zero-order valence-corrected chi connectivity index (χ0v) is 18.9. The molecule has 8 heteroatoms. The standard InChI is InChI=1S/C23H24BrNO6/c1-12-20(23(27)29-10-13-4-3-7-28-13)21(22-16(25-12)5-2-6-17(22)26)14-8-18-19(9-15(14)24)31-11-30-18/h8-9,13,21-22H,2-7,10-11H2,1H3/t13-,21+,22-/m0/s1. The van der Waals surface area contributed by atoms with Crippen molar-refractivity contribution >= 4 is 33.4 Å². The van der Waals surface area contributed by atoms with Crippen molar-refractivity contribution in [2.45, 2.75) is 51.0 Å². The maximum absolute atomic E-state index is 13.3. The highest BCUT2D eigenvalue weighted by Gasteiger charge is 2.45. The number of aliphatic imine (C=N–C) groups is 1. The molecule has 7 nitrogen and oxygen atoms in total. The molecule has 2 fully saturated rings. The van der Waals surface area contributed by atoms with Gasteiger partial charge in [-0.15, -0.1) is 0 Å². The summed E-state index contributed by atoms with van der Waals surface area (Å²) in [7, 11) is 0. The van der Waals surface area contributed by atoms with Crippen LogP contribution in [0.15, 0.2) is 32.9 Å². The van der Waals surface area contributed by atoms with Crippen molar-refractivity contribution in [1.29, 1.82) is 0 Å². The summed E-state index contributed by atoms with van der Waals surface area (Å²) in [5.41, 5.74) is 2.69. The van der Waals surface area contributed by atoms with Crippen LogP contribution in [0.3, 0.4) is 0 Å². The molecule has 1 saturated carbocycles. The largest absolute Gasteiger partial charge is 0.460 e. The predicted molar refractivity (Wildman–Crippen MR) is 115 cm³/mol. The molecule has 0 aromatic heterocycles. The fourth-order valence-corrected chi connectivity index (χ4v) is 5.48.